The van der Waals surface area contributed by atoms with Gasteiger partial charge in [0.05, 0.1) is 5.56 Å². The second-order valence-corrected chi connectivity index (χ2v) is 11.4. The van der Waals surface area contributed by atoms with Crippen LogP contribution in [0.1, 0.15) is 99.0 Å². The monoisotopic (exact) mass is 512 g/mol. The van der Waals surface area contributed by atoms with Gasteiger partial charge in [0.15, 0.2) is 0 Å². The van der Waals surface area contributed by atoms with Gasteiger partial charge in [-0.2, -0.15) is 0 Å². The molecule has 37 heavy (non-hydrogen) atoms. The molecule has 2 N–H and O–H groups in total. The van der Waals surface area contributed by atoms with Crippen molar-refractivity contribution in [3.8, 4) is 0 Å². The molecule has 0 radical (unpaired) electrons. The summed E-state index contributed by atoms with van der Waals surface area (Å²) >= 11 is 0. The number of benzene rings is 1. The molecule has 2 heterocycles. The Morgan fingerprint density at radius 2 is 1.86 bits per heavy atom. The van der Waals surface area contributed by atoms with Gasteiger partial charge in [0.25, 0.3) is 12.3 Å². The number of halogens is 2. The molecule has 1 saturated carbocycles. The summed E-state index contributed by atoms with van der Waals surface area (Å²) in [6, 6.07) is 7.84. The van der Waals surface area contributed by atoms with Crippen molar-refractivity contribution in [1.82, 2.24) is 15.2 Å². The smallest absolute Gasteiger partial charge is 0.281 e. The minimum Gasteiger partial charge on any atom is -0.352 e. The molecule has 4 rings (SSSR count). The molecule has 0 spiro atoms. The summed E-state index contributed by atoms with van der Waals surface area (Å²) in [7, 11) is 0. The molecule has 2 amide bonds. The Labute approximate surface area is 218 Å². The molecule has 1 fully saturated rings. The van der Waals surface area contributed by atoms with Crippen molar-refractivity contribution < 1.29 is 18.4 Å². The van der Waals surface area contributed by atoms with Crippen molar-refractivity contribution in [2.45, 2.75) is 90.8 Å². The van der Waals surface area contributed by atoms with Gasteiger partial charge in [0.1, 0.15) is 5.69 Å². The summed E-state index contributed by atoms with van der Waals surface area (Å²) in [5.41, 5.74) is 2.71. The van der Waals surface area contributed by atoms with E-state index in [1.165, 1.54) is 49.9 Å². The Hall–Kier alpha value is -2.87. The Morgan fingerprint density at radius 1 is 1.14 bits per heavy atom. The lowest BCUT2D eigenvalue weighted by Crippen LogP contribution is -2.47. The van der Waals surface area contributed by atoms with Gasteiger partial charge in [0.2, 0.25) is 5.91 Å². The van der Waals surface area contributed by atoms with E-state index in [-0.39, 0.29) is 29.3 Å². The molecule has 0 bridgehead atoms. The second-order valence-electron chi connectivity index (χ2n) is 11.4. The quantitative estimate of drug-likeness (QED) is 0.479. The number of hydrogen-bond donors (Lipinski definition) is 2. The normalized spacial score (nSPS) is 18.1. The lowest BCUT2D eigenvalue weighted by Gasteiger charge is -2.45. The zero-order chi connectivity index (χ0) is 26.7. The summed E-state index contributed by atoms with van der Waals surface area (Å²) in [5.74, 6) is -1.01. The Balaban J connectivity index is 1.55. The molecule has 0 saturated heterocycles. The average molecular weight is 513 g/mol. The van der Waals surface area contributed by atoms with Crippen molar-refractivity contribution in [1.29, 1.82) is 0 Å². The maximum absolute atomic E-state index is 13.7. The predicted molar refractivity (Wildman–Crippen MR) is 141 cm³/mol. The number of carbonyl (C=O) groups is 2. The average Bonchev–Trinajstić information content (AvgIpc) is 2.86. The molecule has 1 aliphatic carbocycles. The van der Waals surface area contributed by atoms with E-state index in [4.69, 9.17) is 0 Å². The van der Waals surface area contributed by atoms with Gasteiger partial charge in [-0.25, -0.2) is 8.78 Å². The third-order valence-corrected chi connectivity index (χ3v) is 7.57. The van der Waals surface area contributed by atoms with E-state index in [2.05, 4.69) is 34.4 Å². The highest BCUT2D eigenvalue weighted by Gasteiger charge is 2.35. The fourth-order valence-corrected chi connectivity index (χ4v) is 5.60. The van der Waals surface area contributed by atoms with E-state index in [0.29, 0.717) is 17.3 Å². The van der Waals surface area contributed by atoms with E-state index in [0.717, 1.165) is 18.7 Å². The number of aromatic nitrogens is 1. The molecule has 1 aromatic heterocycles. The molecule has 8 heteroatoms. The van der Waals surface area contributed by atoms with Gasteiger partial charge in [0, 0.05) is 48.9 Å². The number of amides is 2. The van der Waals surface area contributed by atoms with Crippen LogP contribution < -0.4 is 10.6 Å². The number of nitrogens with zero attached hydrogens (tertiary/aromatic N) is 2. The lowest BCUT2D eigenvalue weighted by molar-refractivity contribution is -0.124. The Kier molecular flexibility index (Phi) is 8.26. The molecular formula is C29H38F2N4O2. The molecule has 6 nitrogen and oxygen atoms in total. The summed E-state index contributed by atoms with van der Waals surface area (Å²) in [5, 5.41) is 5.55. The van der Waals surface area contributed by atoms with Crippen LogP contribution in [0.3, 0.4) is 0 Å². The predicted octanol–water partition coefficient (Wildman–Crippen LogP) is 5.97. The fourth-order valence-electron chi connectivity index (χ4n) is 5.60. The van der Waals surface area contributed by atoms with Gasteiger partial charge < -0.3 is 10.6 Å². The van der Waals surface area contributed by atoms with Crippen molar-refractivity contribution in [2.24, 2.45) is 5.92 Å². The van der Waals surface area contributed by atoms with E-state index in [9.17, 15) is 18.4 Å². The molecule has 200 valence electrons. The van der Waals surface area contributed by atoms with Crippen LogP contribution in [0.25, 0.3) is 0 Å². The van der Waals surface area contributed by atoms with Crippen LogP contribution in [0, 0.1) is 5.92 Å². The first kappa shape index (κ1) is 27.2. The van der Waals surface area contributed by atoms with Crippen LogP contribution in [-0.2, 0) is 23.3 Å². The third kappa shape index (κ3) is 6.35. The Morgan fingerprint density at radius 3 is 2.54 bits per heavy atom. The number of rotatable bonds is 7. The number of hydrogen-bond acceptors (Lipinski definition) is 4. The number of fused-ring (bicyclic) bond motifs is 1. The van der Waals surface area contributed by atoms with Crippen molar-refractivity contribution in [3.63, 3.8) is 0 Å². The summed E-state index contributed by atoms with van der Waals surface area (Å²) in [6.07, 6.45) is 4.67. The van der Waals surface area contributed by atoms with Gasteiger partial charge in [-0.1, -0.05) is 53.0 Å². The number of nitrogens with one attached hydrogen (secondary N) is 2. The van der Waals surface area contributed by atoms with Gasteiger partial charge in [-0.15, -0.1) is 0 Å². The number of pyridine rings is 1. The fraction of sp³-hybridized carbons (Fsp3) is 0.552. The largest absolute Gasteiger partial charge is 0.352 e. The van der Waals surface area contributed by atoms with E-state index < -0.39 is 18.0 Å². The topological polar surface area (TPSA) is 74.3 Å². The molecule has 1 aromatic carbocycles. The van der Waals surface area contributed by atoms with Crippen LogP contribution >= 0.6 is 0 Å². The number of alkyl halides is 2. The first-order valence-electron chi connectivity index (χ1n) is 13.3. The molecule has 2 aliphatic rings. The maximum Gasteiger partial charge on any atom is 0.281 e. The summed E-state index contributed by atoms with van der Waals surface area (Å²) < 4.78 is 27.4. The van der Waals surface area contributed by atoms with Gasteiger partial charge in [-0.3, -0.25) is 19.5 Å². The standard InChI is InChI=1S/C29H38F2N4O2/c1-18(2)27(36)33-15-19-12-23(25(26(30)31)32-14-19)28(37)34-21-10-11-24-20(13-21)16-35(17-29(24,3)4)22-8-6-5-7-9-22/h10-14,18,22,26H,5-9,15-17H2,1-4H3,(H,33,36)(H,34,37). The van der Waals surface area contributed by atoms with Crippen LogP contribution in [0.5, 0.6) is 0 Å². The number of anilines is 1. The van der Waals surface area contributed by atoms with Gasteiger partial charge >= 0.3 is 0 Å². The van der Waals surface area contributed by atoms with Crippen molar-refractivity contribution >= 4 is 17.5 Å². The van der Waals surface area contributed by atoms with Crippen LogP contribution in [0.15, 0.2) is 30.5 Å². The Bertz CT molecular complexity index is 1140. The highest BCUT2D eigenvalue weighted by Crippen LogP contribution is 2.38. The van der Waals surface area contributed by atoms with Crippen LogP contribution in [-0.4, -0.2) is 34.3 Å². The van der Waals surface area contributed by atoms with E-state index in [1.807, 2.05) is 18.2 Å². The first-order chi connectivity index (χ1) is 17.5. The van der Waals surface area contributed by atoms with Crippen molar-refractivity contribution in [2.75, 3.05) is 11.9 Å². The van der Waals surface area contributed by atoms with Crippen LogP contribution in [0.4, 0.5) is 14.5 Å². The summed E-state index contributed by atoms with van der Waals surface area (Å²) in [4.78, 5) is 31.5. The highest BCUT2D eigenvalue weighted by atomic mass is 19.3. The zero-order valence-electron chi connectivity index (χ0n) is 22.2. The van der Waals surface area contributed by atoms with Gasteiger partial charge in [-0.05, 0) is 47.7 Å². The molecule has 1 aliphatic heterocycles. The maximum atomic E-state index is 13.7. The minimum absolute atomic E-state index is 0.0188. The van der Waals surface area contributed by atoms with E-state index in [1.54, 1.807) is 13.8 Å². The van der Waals surface area contributed by atoms with E-state index >= 15 is 0 Å². The molecule has 2 aromatic rings. The minimum atomic E-state index is -2.89. The first-order valence-corrected chi connectivity index (χ1v) is 13.3. The second kappa shape index (κ2) is 11.3. The highest BCUT2D eigenvalue weighted by molar-refractivity contribution is 6.05. The molecular weight excluding hydrogens is 474 g/mol. The zero-order valence-corrected chi connectivity index (χ0v) is 22.2. The molecule has 0 unspecified atom stereocenters. The molecule has 0 atom stereocenters. The van der Waals surface area contributed by atoms with Crippen molar-refractivity contribution in [3.05, 3.63) is 58.4 Å². The van der Waals surface area contributed by atoms with Crippen LogP contribution in [0.2, 0.25) is 0 Å². The third-order valence-electron chi connectivity index (χ3n) is 7.57. The number of carbonyl (C=O) groups excluding carboxylic acids is 2. The lowest BCUT2D eigenvalue weighted by atomic mass is 9.77. The summed E-state index contributed by atoms with van der Waals surface area (Å²) in [6.45, 7) is 9.97. The SMILES string of the molecule is CC(C)C(=O)NCc1cnc(C(F)F)c(C(=O)Nc2ccc3c(c2)CN(C2CCCCC2)CC3(C)C)c1.